The first-order chi connectivity index (χ1) is 17.8. The SMILES string of the molecule is COc1ccc(C(C)N/C(=C\C(=O)N2CCN(C(=N)C(F)(F)F)C(=N)C2)Cc2cc(F)c(F)cc2F)cc1. The van der Waals surface area contributed by atoms with Gasteiger partial charge >= 0.3 is 6.18 Å². The van der Waals surface area contributed by atoms with Crippen molar-refractivity contribution in [3.8, 4) is 5.75 Å². The lowest BCUT2D eigenvalue weighted by atomic mass is 10.0. The van der Waals surface area contributed by atoms with E-state index in [1.807, 2.05) is 0 Å². The molecule has 1 heterocycles. The Hall–Kier alpha value is -4.03. The summed E-state index contributed by atoms with van der Waals surface area (Å²) in [4.78, 5) is 14.6. The maximum absolute atomic E-state index is 14.4. The molecule has 3 rings (SSSR count). The molecule has 0 radical (unpaired) electrons. The van der Waals surface area contributed by atoms with Crippen molar-refractivity contribution in [3.63, 3.8) is 0 Å². The van der Waals surface area contributed by atoms with Gasteiger partial charge in [-0.1, -0.05) is 12.1 Å². The van der Waals surface area contributed by atoms with Crippen molar-refractivity contribution >= 4 is 17.6 Å². The summed E-state index contributed by atoms with van der Waals surface area (Å²) < 4.78 is 85.4. The van der Waals surface area contributed by atoms with Crippen LogP contribution in [0.2, 0.25) is 0 Å². The van der Waals surface area contributed by atoms with Crippen LogP contribution in [-0.4, -0.2) is 60.3 Å². The number of benzene rings is 2. The molecule has 0 aliphatic carbocycles. The van der Waals surface area contributed by atoms with Gasteiger partial charge in [0.2, 0.25) is 11.7 Å². The molecule has 2 aromatic rings. The zero-order valence-electron chi connectivity index (χ0n) is 20.4. The Labute approximate surface area is 214 Å². The second-order valence-electron chi connectivity index (χ2n) is 8.55. The summed E-state index contributed by atoms with van der Waals surface area (Å²) in [5.41, 5.74) is 0.657. The second-order valence-corrected chi connectivity index (χ2v) is 8.55. The molecule has 204 valence electrons. The van der Waals surface area contributed by atoms with E-state index in [0.29, 0.717) is 22.8 Å². The largest absolute Gasteiger partial charge is 0.497 e. The van der Waals surface area contributed by atoms with Gasteiger partial charge in [0.05, 0.1) is 13.7 Å². The standard InChI is InChI=1S/C25H25F6N5O2/c1-14(15-3-5-18(38-2)6-4-15)34-17(9-16-10-20(27)21(28)12-19(16)26)11-23(37)35-7-8-36(22(32)13-35)24(33)25(29,30)31/h3-6,10-12,14,32-34H,7-9,13H2,1-2H3/b17-11-,32-22?,33-24?. The third-order valence-corrected chi connectivity index (χ3v) is 5.90. The molecule has 1 fully saturated rings. The van der Waals surface area contributed by atoms with Crippen LogP contribution in [0.25, 0.3) is 0 Å². The van der Waals surface area contributed by atoms with Crippen LogP contribution in [-0.2, 0) is 11.2 Å². The molecule has 0 bridgehead atoms. The first-order valence-electron chi connectivity index (χ1n) is 11.3. The average Bonchev–Trinajstić information content (AvgIpc) is 2.86. The third kappa shape index (κ3) is 6.84. The van der Waals surface area contributed by atoms with Crippen molar-refractivity contribution in [2.45, 2.75) is 25.6 Å². The van der Waals surface area contributed by atoms with Crippen LogP contribution >= 0.6 is 0 Å². The van der Waals surface area contributed by atoms with E-state index in [-0.39, 0.29) is 24.2 Å². The molecular weight excluding hydrogens is 516 g/mol. The fraction of sp³-hybridized carbons (Fsp3) is 0.320. The maximum atomic E-state index is 14.4. The quantitative estimate of drug-likeness (QED) is 0.158. The van der Waals surface area contributed by atoms with E-state index in [1.165, 1.54) is 7.11 Å². The van der Waals surface area contributed by atoms with Gasteiger partial charge < -0.3 is 19.9 Å². The molecule has 0 spiro atoms. The molecule has 7 nitrogen and oxygen atoms in total. The number of carbonyl (C=O) groups is 1. The van der Waals surface area contributed by atoms with Gasteiger partial charge in [0.25, 0.3) is 0 Å². The van der Waals surface area contributed by atoms with Crippen LogP contribution in [0, 0.1) is 28.3 Å². The molecule has 1 aliphatic heterocycles. The van der Waals surface area contributed by atoms with Crippen LogP contribution in [0.4, 0.5) is 26.3 Å². The van der Waals surface area contributed by atoms with E-state index in [0.717, 1.165) is 16.5 Å². The number of carbonyl (C=O) groups excluding carboxylic acids is 1. The number of hydrogen-bond donors (Lipinski definition) is 3. The molecular formula is C25H25F6N5O2. The molecule has 13 heteroatoms. The van der Waals surface area contributed by atoms with Crippen LogP contribution in [0.15, 0.2) is 48.2 Å². The van der Waals surface area contributed by atoms with Crippen molar-refractivity contribution < 1.29 is 35.9 Å². The van der Waals surface area contributed by atoms with Gasteiger partial charge in [-0.3, -0.25) is 15.6 Å². The van der Waals surface area contributed by atoms with E-state index in [2.05, 4.69) is 5.32 Å². The van der Waals surface area contributed by atoms with Crippen molar-refractivity contribution in [1.29, 1.82) is 10.8 Å². The highest BCUT2D eigenvalue weighted by atomic mass is 19.4. The van der Waals surface area contributed by atoms with Gasteiger partial charge in [-0.2, -0.15) is 13.2 Å². The van der Waals surface area contributed by atoms with E-state index in [4.69, 9.17) is 15.6 Å². The van der Waals surface area contributed by atoms with Gasteiger partial charge in [0.1, 0.15) is 17.4 Å². The number of methoxy groups -OCH3 is 1. The van der Waals surface area contributed by atoms with Crippen molar-refractivity contribution in [1.82, 2.24) is 15.1 Å². The van der Waals surface area contributed by atoms with Crippen LogP contribution in [0.3, 0.4) is 0 Å². The van der Waals surface area contributed by atoms with Crippen molar-refractivity contribution in [3.05, 3.63) is 76.7 Å². The lowest BCUT2D eigenvalue weighted by molar-refractivity contribution is -0.126. The summed E-state index contributed by atoms with van der Waals surface area (Å²) in [6, 6.07) is 7.57. The Bertz CT molecular complexity index is 1250. The highest BCUT2D eigenvalue weighted by molar-refractivity contribution is 6.03. The van der Waals surface area contributed by atoms with Gasteiger partial charge in [0.15, 0.2) is 11.6 Å². The lowest BCUT2D eigenvalue weighted by Gasteiger charge is -2.36. The molecule has 3 N–H and O–H groups in total. The van der Waals surface area contributed by atoms with E-state index in [1.54, 1.807) is 31.2 Å². The number of alkyl halides is 3. The van der Waals surface area contributed by atoms with Crippen molar-refractivity contribution in [2.24, 2.45) is 0 Å². The molecule has 1 amide bonds. The topological polar surface area (TPSA) is 92.5 Å². The number of allylic oxidation sites excluding steroid dienone is 1. The number of piperazine rings is 1. The number of amides is 1. The van der Waals surface area contributed by atoms with Gasteiger partial charge in [-0.05, 0) is 36.2 Å². The molecule has 0 saturated carbocycles. The smallest absolute Gasteiger partial charge is 0.449 e. The molecule has 2 aromatic carbocycles. The minimum absolute atomic E-state index is 0.125. The van der Waals surface area contributed by atoms with E-state index >= 15 is 0 Å². The minimum Gasteiger partial charge on any atom is -0.497 e. The van der Waals surface area contributed by atoms with Crippen molar-refractivity contribution in [2.75, 3.05) is 26.7 Å². The van der Waals surface area contributed by atoms with Gasteiger partial charge in [-0.25, -0.2) is 13.2 Å². The van der Waals surface area contributed by atoms with Gasteiger partial charge in [-0.15, -0.1) is 0 Å². The third-order valence-electron chi connectivity index (χ3n) is 5.90. The van der Waals surface area contributed by atoms with Crippen LogP contribution < -0.4 is 10.1 Å². The number of halogens is 6. The average molecular weight is 541 g/mol. The Morgan fingerprint density at radius 1 is 1.11 bits per heavy atom. The maximum Gasteiger partial charge on any atom is 0.449 e. The highest BCUT2D eigenvalue weighted by Gasteiger charge is 2.41. The summed E-state index contributed by atoms with van der Waals surface area (Å²) in [7, 11) is 1.50. The molecule has 38 heavy (non-hydrogen) atoms. The first kappa shape index (κ1) is 28.5. The number of ether oxygens (including phenoxy) is 1. The Morgan fingerprint density at radius 2 is 1.74 bits per heavy atom. The van der Waals surface area contributed by atoms with Gasteiger partial charge in [0, 0.05) is 43.4 Å². The Balaban J connectivity index is 1.84. The lowest BCUT2D eigenvalue weighted by Crippen LogP contribution is -2.56. The summed E-state index contributed by atoms with van der Waals surface area (Å²) >= 11 is 0. The summed E-state index contributed by atoms with van der Waals surface area (Å²) in [6.07, 6.45) is -4.19. The summed E-state index contributed by atoms with van der Waals surface area (Å²) in [5, 5.41) is 18.2. The van der Waals surface area contributed by atoms with E-state index < -0.39 is 60.3 Å². The first-order valence-corrected chi connectivity index (χ1v) is 11.3. The minimum atomic E-state index is -4.94. The number of hydrogen-bond acceptors (Lipinski definition) is 5. The number of rotatable bonds is 7. The summed E-state index contributed by atoms with van der Waals surface area (Å²) in [6.45, 7) is 0.629. The Morgan fingerprint density at radius 3 is 2.32 bits per heavy atom. The van der Waals surface area contributed by atoms with E-state index in [9.17, 15) is 31.1 Å². The molecule has 0 aromatic heterocycles. The van der Waals surface area contributed by atoms with Crippen LogP contribution in [0.1, 0.15) is 24.1 Å². The predicted octanol–water partition coefficient (Wildman–Crippen LogP) is 4.55. The summed E-state index contributed by atoms with van der Waals surface area (Å²) in [5.74, 6) is -6.04. The molecule has 1 aliphatic rings. The number of amidine groups is 2. The fourth-order valence-electron chi connectivity index (χ4n) is 3.83. The predicted molar refractivity (Wildman–Crippen MR) is 127 cm³/mol. The monoisotopic (exact) mass is 541 g/mol. The number of nitrogens with zero attached hydrogens (tertiary/aromatic N) is 2. The normalized spacial score (nSPS) is 15.4. The zero-order chi connectivity index (χ0) is 28.2. The Kier molecular flexibility index (Phi) is 8.69. The molecule has 1 saturated heterocycles. The zero-order valence-corrected chi connectivity index (χ0v) is 20.4. The molecule has 1 atom stereocenters. The van der Waals surface area contributed by atoms with Crippen LogP contribution in [0.5, 0.6) is 5.75 Å². The molecule has 1 unspecified atom stereocenters. The number of nitrogens with one attached hydrogen (secondary N) is 3. The highest BCUT2D eigenvalue weighted by Crippen LogP contribution is 2.23. The fourth-order valence-corrected chi connectivity index (χ4v) is 3.83. The second kappa shape index (κ2) is 11.6.